The van der Waals surface area contributed by atoms with Gasteiger partial charge in [0, 0.05) is 15.6 Å². The highest BCUT2D eigenvalue weighted by Gasteiger charge is 2.04. The molecule has 2 aromatic rings. The van der Waals surface area contributed by atoms with Crippen molar-refractivity contribution in [2.75, 3.05) is 7.11 Å². The number of phenolic OH excluding ortho intramolecular Hbond substituents is 1. The van der Waals surface area contributed by atoms with Crippen molar-refractivity contribution in [1.82, 2.24) is 5.43 Å². The molecule has 0 fully saturated rings. The Bertz CT molecular complexity index is 669. The van der Waals surface area contributed by atoms with Gasteiger partial charge in [0.25, 0.3) is 5.91 Å². The molecule has 0 unspecified atom stereocenters. The van der Waals surface area contributed by atoms with Gasteiger partial charge in [0.15, 0.2) is 0 Å². The molecule has 0 saturated heterocycles. The number of nitrogens with zero attached hydrogens (tertiary/aromatic N) is 1. The predicted molar refractivity (Wildman–Crippen MR) is 83.9 cm³/mol. The number of halogens is 1. The van der Waals surface area contributed by atoms with Crippen LogP contribution in [-0.2, 0) is 0 Å². The lowest BCUT2D eigenvalue weighted by Gasteiger charge is -2.02. The van der Waals surface area contributed by atoms with E-state index in [0.717, 1.165) is 4.47 Å². The molecule has 0 heterocycles. The Balaban J connectivity index is 2.02. The summed E-state index contributed by atoms with van der Waals surface area (Å²) < 4.78 is 5.83. The Hall–Kier alpha value is -2.34. The number of benzene rings is 2. The van der Waals surface area contributed by atoms with Crippen molar-refractivity contribution < 1.29 is 14.6 Å². The van der Waals surface area contributed by atoms with E-state index >= 15 is 0 Å². The first kappa shape index (κ1) is 15.1. The molecule has 0 spiro atoms. The quantitative estimate of drug-likeness (QED) is 0.659. The molecule has 0 aliphatic carbocycles. The van der Waals surface area contributed by atoms with E-state index in [9.17, 15) is 9.90 Å². The molecule has 0 radical (unpaired) electrons. The van der Waals surface area contributed by atoms with E-state index in [-0.39, 0.29) is 11.7 Å². The summed E-state index contributed by atoms with van der Waals surface area (Å²) in [4.78, 5) is 11.8. The molecule has 108 valence electrons. The smallest absolute Gasteiger partial charge is 0.271 e. The van der Waals surface area contributed by atoms with Gasteiger partial charge in [0.05, 0.1) is 13.3 Å². The van der Waals surface area contributed by atoms with Crippen LogP contribution in [0, 0.1) is 0 Å². The molecule has 2 N–H and O–H groups in total. The van der Waals surface area contributed by atoms with Gasteiger partial charge in [-0.05, 0) is 42.5 Å². The molecule has 0 saturated carbocycles. The number of phenols is 1. The van der Waals surface area contributed by atoms with Gasteiger partial charge in [-0.25, -0.2) is 5.43 Å². The van der Waals surface area contributed by atoms with Crippen LogP contribution in [0.1, 0.15) is 15.9 Å². The molecule has 2 aromatic carbocycles. The number of carbonyl (C=O) groups is 1. The number of amides is 1. The fraction of sp³-hybridized carbons (Fsp3) is 0.0667. The number of carbonyl (C=O) groups excluding carboxylic acids is 1. The van der Waals surface area contributed by atoms with Crippen LogP contribution >= 0.6 is 15.9 Å². The summed E-state index contributed by atoms with van der Waals surface area (Å²) in [5, 5.41) is 13.5. The maximum absolute atomic E-state index is 11.8. The van der Waals surface area contributed by atoms with Crippen LogP contribution < -0.4 is 10.2 Å². The predicted octanol–water partition coefficient (Wildman–Crippen LogP) is 2.93. The monoisotopic (exact) mass is 348 g/mol. The molecule has 1 amide bonds. The van der Waals surface area contributed by atoms with E-state index in [1.54, 1.807) is 43.5 Å². The number of nitrogens with one attached hydrogen (secondary N) is 1. The summed E-state index contributed by atoms with van der Waals surface area (Å²) in [6.07, 6.45) is 1.38. The van der Waals surface area contributed by atoms with Gasteiger partial charge in [-0.3, -0.25) is 4.79 Å². The zero-order valence-corrected chi connectivity index (χ0v) is 12.8. The largest absolute Gasteiger partial charge is 0.507 e. The van der Waals surface area contributed by atoms with E-state index in [1.807, 2.05) is 0 Å². The number of aromatic hydroxyl groups is 1. The maximum atomic E-state index is 11.8. The van der Waals surface area contributed by atoms with Crippen molar-refractivity contribution >= 4 is 28.1 Å². The topological polar surface area (TPSA) is 70.9 Å². The van der Waals surface area contributed by atoms with Crippen LogP contribution in [-0.4, -0.2) is 24.3 Å². The van der Waals surface area contributed by atoms with Crippen molar-refractivity contribution in [1.29, 1.82) is 0 Å². The third-order valence-corrected chi connectivity index (χ3v) is 3.20. The number of ether oxygens (including phenoxy) is 1. The summed E-state index contributed by atoms with van der Waals surface area (Å²) in [7, 11) is 1.56. The van der Waals surface area contributed by atoms with Crippen LogP contribution in [0.15, 0.2) is 52.0 Å². The van der Waals surface area contributed by atoms with Crippen molar-refractivity contribution in [2.24, 2.45) is 5.10 Å². The van der Waals surface area contributed by atoms with Crippen LogP contribution in [0.4, 0.5) is 0 Å². The molecule has 0 bridgehead atoms. The van der Waals surface area contributed by atoms with E-state index in [2.05, 4.69) is 26.5 Å². The summed E-state index contributed by atoms with van der Waals surface area (Å²) in [5.74, 6) is 0.415. The highest BCUT2D eigenvalue weighted by molar-refractivity contribution is 9.10. The van der Waals surface area contributed by atoms with Gasteiger partial charge in [-0.2, -0.15) is 5.10 Å². The molecule has 21 heavy (non-hydrogen) atoms. The van der Waals surface area contributed by atoms with Crippen molar-refractivity contribution in [3.8, 4) is 11.5 Å². The van der Waals surface area contributed by atoms with Gasteiger partial charge < -0.3 is 9.84 Å². The lowest BCUT2D eigenvalue weighted by atomic mass is 10.2. The van der Waals surface area contributed by atoms with E-state index in [0.29, 0.717) is 16.9 Å². The second-order valence-electron chi connectivity index (χ2n) is 4.13. The van der Waals surface area contributed by atoms with Crippen molar-refractivity contribution in [3.63, 3.8) is 0 Å². The van der Waals surface area contributed by atoms with Gasteiger partial charge in [0.1, 0.15) is 11.5 Å². The Labute approximate surface area is 130 Å². The van der Waals surface area contributed by atoms with Gasteiger partial charge in [-0.15, -0.1) is 0 Å². The van der Waals surface area contributed by atoms with E-state index < -0.39 is 0 Å². The minimum atomic E-state index is -0.344. The first-order chi connectivity index (χ1) is 10.1. The Morgan fingerprint density at radius 3 is 2.67 bits per heavy atom. The normalized spacial score (nSPS) is 10.6. The zero-order valence-electron chi connectivity index (χ0n) is 11.2. The lowest BCUT2D eigenvalue weighted by molar-refractivity contribution is 0.0955. The molecular weight excluding hydrogens is 336 g/mol. The standard InChI is InChI=1S/C15H13BrN2O3/c1-21-13-5-2-10(3-6-13)15(20)18-17-9-11-8-12(16)4-7-14(11)19/h2-9,19H,1H3,(H,18,20). The Morgan fingerprint density at radius 2 is 2.00 bits per heavy atom. The number of methoxy groups -OCH3 is 1. The summed E-state index contributed by atoms with van der Waals surface area (Å²) >= 11 is 3.30. The van der Waals surface area contributed by atoms with Crippen LogP contribution in [0.5, 0.6) is 11.5 Å². The number of hydrogen-bond donors (Lipinski definition) is 2. The maximum Gasteiger partial charge on any atom is 0.271 e. The molecule has 2 rings (SSSR count). The van der Waals surface area contributed by atoms with Crippen molar-refractivity contribution in [2.45, 2.75) is 0 Å². The molecule has 0 aliphatic rings. The SMILES string of the molecule is COc1ccc(C(=O)NN=Cc2cc(Br)ccc2O)cc1. The van der Waals surface area contributed by atoms with Crippen LogP contribution in [0.2, 0.25) is 0 Å². The average Bonchev–Trinajstić information content (AvgIpc) is 2.50. The van der Waals surface area contributed by atoms with E-state index in [1.165, 1.54) is 12.3 Å². The second kappa shape index (κ2) is 6.90. The number of hydrazone groups is 1. The van der Waals surface area contributed by atoms with E-state index in [4.69, 9.17) is 4.74 Å². The first-order valence-corrected chi connectivity index (χ1v) is 6.85. The average molecular weight is 349 g/mol. The fourth-order valence-electron chi connectivity index (χ4n) is 1.60. The molecular formula is C15H13BrN2O3. The Kier molecular flexibility index (Phi) is 4.94. The third-order valence-electron chi connectivity index (χ3n) is 2.71. The van der Waals surface area contributed by atoms with Crippen LogP contribution in [0.25, 0.3) is 0 Å². The molecule has 0 atom stereocenters. The highest BCUT2D eigenvalue weighted by Crippen LogP contribution is 2.19. The summed E-state index contributed by atoms with van der Waals surface area (Å²) in [5.41, 5.74) is 3.36. The third kappa shape index (κ3) is 4.06. The van der Waals surface area contributed by atoms with Gasteiger partial charge in [0.2, 0.25) is 0 Å². The Morgan fingerprint density at radius 1 is 1.29 bits per heavy atom. The molecule has 0 aromatic heterocycles. The molecule has 5 nitrogen and oxygen atoms in total. The van der Waals surface area contributed by atoms with Crippen LogP contribution in [0.3, 0.4) is 0 Å². The van der Waals surface area contributed by atoms with Crippen molar-refractivity contribution in [3.05, 3.63) is 58.1 Å². The zero-order chi connectivity index (χ0) is 15.2. The number of rotatable bonds is 4. The summed E-state index contributed by atoms with van der Waals surface area (Å²) in [6, 6.07) is 11.6. The molecule has 6 heteroatoms. The van der Waals surface area contributed by atoms with Gasteiger partial charge in [-0.1, -0.05) is 15.9 Å². The lowest BCUT2D eigenvalue weighted by Crippen LogP contribution is -2.17. The fourth-order valence-corrected chi connectivity index (χ4v) is 1.97. The highest BCUT2D eigenvalue weighted by atomic mass is 79.9. The molecule has 0 aliphatic heterocycles. The minimum absolute atomic E-state index is 0.0839. The second-order valence-corrected chi connectivity index (χ2v) is 5.05. The number of hydrogen-bond acceptors (Lipinski definition) is 4. The summed E-state index contributed by atoms with van der Waals surface area (Å²) in [6.45, 7) is 0. The van der Waals surface area contributed by atoms with Gasteiger partial charge >= 0.3 is 0 Å². The first-order valence-electron chi connectivity index (χ1n) is 6.06. The minimum Gasteiger partial charge on any atom is -0.507 e.